The van der Waals surface area contributed by atoms with Crippen molar-refractivity contribution in [3.63, 3.8) is 0 Å². The van der Waals surface area contributed by atoms with Crippen LogP contribution in [0.15, 0.2) is 28.1 Å². The summed E-state index contributed by atoms with van der Waals surface area (Å²) in [6.45, 7) is 1.34. The Bertz CT molecular complexity index is 746. The molecule has 2 rings (SSSR count). The van der Waals surface area contributed by atoms with Crippen LogP contribution in [0.4, 0.5) is 5.69 Å². The third-order valence-corrected chi connectivity index (χ3v) is 4.84. The molecule has 8 nitrogen and oxygen atoms in total. The smallest absolute Gasteiger partial charge is 0.280 e. The molecule has 1 fully saturated rings. The molecule has 1 amide bonds. The maximum absolute atomic E-state index is 12.1. The highest BCUT2D eigenvalue weighted by atomic mass is 35.5. The number of rotatable bonds is 3. The zero-order valence-electron chi connectivity index (χ0n) is 14.1. The van der Waals surface area contributed by atoms with Gasteiger partial charge in [-0.15, -0.1) is 37.2 Å². The van der Waals surface area contributed by atoms with E-state index in [0.717, 1.165) is 19.1 Å². The van der Waals surface area contributed by atoms with E-state index in [9.17, 15) is 13.2 Å². The molecule has 1 aromatic carbocycles. The monoisotopic (exact) mass is 447 g/mol. The second-order valence-corrected chi connectivity index (χ2v) is 7.61. The number of carbonyl (C=O) groups is 1. The van der Waals surface area contributed by atoms with E-state index in [4.69, 9.17) is 17.2 Å². The standard InChI is InChI=1S/C14H21N5O3S.3ClH/c1-23(21,22)12-8-9(13(20)18-14(16)17)2-3-11(12)19-6-4-10(15)5-7-19;;;/h2-3,8,10H,4-7,15H2,1H3,(H4,16,17,18,20);3*1H. The minimum Gasteiger partial charge on any atom is -0.370 e. The van der Waals surface area contributed by atoms with Gasteiger partial charge in [0.15, 0.2) is 15.8 Å². The molecule has 0 unspecified atom stereocenters. The van der Waals surface area contributed by atoms with Crippen molar-refractivity contribution in [3.05, 3.63) is 23.8 Å². The molecular formula is C14H24Cl3N5O3S. The van der Waals surface area contributed by atoms with Crippen molar-refractivity contribution in [2.24, 2.45) is 22.2 Å². The van der Waals surface area contributed by atoms with Crippen molar-refractivity contribution in [1.82, 2.24) is 0 Å². The van der Waals surface area contributed by atoms with Gasteiger partial charge in [0.1, 0.15) is 0 Å². The zero-order valence-corrected chi connectivity index (χ0v) is 17.4. The second kappa shape index (κ2) is 10.8. The fourth-order valence-electron chi connectivity index (χ4n) is 2.53. The van der Waals surface area contributed by atoms with Gasteiger partial charge < -0.3 is 22.1 Å². The number of carbonyl (C=O) groups excluding carboxylic acids is 1. The Kier molecular flexibility index (Phi) is 11.2. The summed E-state index contributed by atoms with van der Waals surface area (Å²) in [4.78, 5) is 17.4. The summed E-state index contributed by atoms with van der Waals surface area (Å²) in [5, 5.41) is 0. The van der Waals surface area contributed by atoms with E-state index in [1.54, 1.807) is 6.07 Å². The third kappa shape index (κ3) is 6.81. The molecule has 0 aromatic heterocycles. The Hall–Kier alpha value is -1.26. The number of halogens is 3. The first-order valence-electron chi connectivity index (χ1n) is 7.17. The predicted molar refractivity (Wildman–Crippen MR) is 111 cm³/mol. The van der Waals surface area contributed by atoms with Crippen LogP contribution in [0, 0.1) is 0 Å². The molecule has 26 heavy (non-hydrogen) atoms. The number of benzene rings is 1. The quantitative estimate of drug-likeness (QED) is 0.455. The Morgan fingerprint density at radius 3 is 2.15 bits per heavy atom. The average molecular weight is 449 g/mol. The van der Waals surface area contributed by atoms with Crippen LogP contribution >= 0.6 is 37.2 Å². The number of nitrogens with two attached hydrogens (primary N) is 3. The van der Waals surface area contributed by atoms with Gasteiger partial charge in [-0.25, -0.2) is 8.42 Å². The number of hydrogen-bond donors (Lipinski definition) is 3. The maximum atomic E-state index is 12.1. The number of aliphatic imine (C=N–C) groups is 1. The molecule has 0 aliphatic carbocycles. The SMILES string of the molecule is CS(=O)(=O)c1cc(C(=O)N=C(N)N)ccc1N1CCC(N)CC1.Cl.Cl.Cl. The van der Waals surface area contributed by atoms with Gasteiger partial charge in [-0.2, -0.15) is 4.99 Å². The van der Waals surface area contributed by atoms with E-state index in [1.165, 1.54) is 12.1 Å². The number of amides is 1. The van der Waals surface area contributed by atoms with Crippen LogP contribution in [0.25, 0.3) is 0 Å². The summed E-state index contributed by atoms with van der Waals surface area (Å²) in [5.41, 5.74) is 16.9. The molecule has 0 spiro atoms. The molecule has 1 aliphatic heterocycles. The summed E-state index contributed by atoms with van der Waals surface area (Å²) < 4.78 is 24.2. The van der Waals surface area contributed by atoms with Crippen LogP contribution in [-0.4, -0.2) is 45.7 Å². The number of piperidine rings is 1. The number of guanidine groups is 1. The van der Waals surface area contributed by atoms with Crippen molar-refractivity contribution in [1.29, 1.82) is 0 Å². The molecule has 1 aromatic rings. The van der Waals surface area contributed by atoms with Gasteiger partial charge in [0.05, 0.1) is 10.6 Å². The highest BCUT2D eigenvalue weighted by molar-refractivity contribution is 7.90. The van der Waals surface area contributed by atoms with Gasteiger partial charge in [0.25, 0.3) is 5.91 Å². The van der Waals surface area contributed by atoms with E-state index in [1.807, 2.05) is 4.90 Å². The van der Waals surface area contributed by atoms with Crippen LogP contribution in [0.2, 0.25) is 0 Å². The minimum atomic E-state index is -3.52. The lowest BCUT2D eigenvalue weighted by Crippen LogP contribution is -2.40. The topological polar surface area (TPSA) is 145 Å². The lowest BCUT2D eigenvalue weighted by atomic mass is 10.0. The van der Waals surface area contributed by atoms with Gasteiger partial charge in [0, 0.05) is 31.0 Å². The third-order valence-electron chi connectivity index (χ3n) is 3.72. The summed E-state index contributed by atoms with van der Waals surface area (Å²) in [6, 6.07) is 4.58. The molecule has 12 heteroatoms. The highest BCUT2D eigenvalue weighted by Crippen LogP contribution is 2.29. The van der Waals surface area contributed by atoms with Crippen molar-refractivity contribution < 1.29 is 13.2 Å². The highest BCUT2D eigenvalue weighted by Gasteiger charge is 2.23. The predicted octanol–water partition coefficient (Wildman–Crippen LogP) is 0.697. The lowest BCUT2D eigenvalue weighted by molar-refractivity contribution is 0.100. The van der Waals surface area contributed by atoms with Crippen LogP contribution < -0.4 is 22.1 Å². The van der Waals surface area contributed by atoms with Crippen molar-refractivity contribution >= 4 is 64.6 Å². The molecule has 0 bridgehead atoms. The first kappa shape index (κ1) is 27.0. The number of nitrogens with zero attached hydrogens (tertiary/aromatic N) is 2. The molecule has 0 radical (unpaired) electrons. The van der Waals surface area contributed by atoms with Gasteiger partial charge in [-0.3, -0.25) is 4.79 Å². The molecular weight excluding hydrogens is 425 g/mol. The van der Waals surface area contributed by atoms with Crippen LogP contribution in [0.5, 0.6) is 0 Å². The number of anilines is 1. The van der Waals surface area contributed by atoms with E-state index in [0.29, 0.717) is 18.8 Å². The fraction of sp³-hybridized carbons (Fsp3) is 0.429. The Labute approximate surface area is 171 Å². The summed E-state index contributed by atoms with van der Waals surface area (Å²) in [6.07, 6.45) is 2.69. The maximum Gasteiger partial charge on any atom is 0.280 e. The fourth-order valence-corrected chi connectivity index (χ4v) is 3.45. The summed E-state index contributed by atoms with van der Waals surface area (Å²) in [7, 11) is -3.52. The van der Waals surface area contributed by atoms with Crippen molar-refractivity contribution in [2.45, 2.75) is 23.8 Å². The van der Waals surface area contributed by atoms with Crippen molar-refractivity contribution in [3.8, 4) is 0 Å². The molecule has 1 aliphatic rings. The van der Waals surface area contributed by atoms with Gasteiger partial charge >= 0.3 is 0 Å². The minimum absolute atomic E-state index is 0. The van der Waals surface area contributed by atoms with Gasteiger partial charge in [-0.05, 0) is 31.0 Å². The lowest BCUT2D eigenvalue weighted by Gasteiger charge is -2.33. The average Bonchev–Trinajstić information content (AvgIpc) is 2.46. The first-order chi connectivity index (χ1) is 10.7. The molecule has 6 N–H and O–H groups in total. The normalized spacial score (nSPS) is 14.3. The molecule has 1 heterocycles. The van der Waals surface area contributed by atoms with Crippen molar-refractivity contribution in [2.75, 3.05) is 24.2 Å². The van der Waals surface area contributed by atoms with Gasteiger partial charge in [-0.1, -0.05) is 0 Å². The number of hydrogen-bond acceptors (Lipinski definition) is 5. The molecule has 1 saturated heterocycles. The molecule has 0 saturated carbocycles. The largest absolute Gasteiger partial charge is 0.370 e. The molecule has 0 atom stereocenters. The Balaban J connectivity index is 0. The Morgan fingerprint density at radius 1 is 1.15 bits per heavy atom. The first-order valence-corrected chi connectivity index (χ1v) is 9.06. The van der Waals surface area contributed by atoms with E-state index in [2.05, 4.69) is 4.99 Å². The van der Waals surface area contributed by atoms with Crippen LogP contribution in [0.1, 0.15) is 23.2 Å². The van der Waals surface area contributed by atoms with E-state index >= 15 is 0 Å². The van der Waals surface area contributed by atoms with Crippen LogP contribution in [-0.2, 0) is 9.84 Å². The van der Waals surface area contributed by atoms with E-state index in [-0.39, 0.29) is 59.7 Å². The number of sulfone groups is 1. The van der Waals surface area contributed by atoms with Crippen LogP contribution in [0.3, 0.4) is 0 Å². The zero-order chi connectivity index (χ0) is 17.2. The van der Waals surface area contributed by atoms with E-state index < -0.39 is 15.7 Å². The second-order valence-electron chi connectivity index (χ2n) is 5.62. The summed E-state index contributed by atoms with van der Waals surface area (Å²) in [5.74, 6) is -1.05. The van der Waals surface area contributed by atoms with Gasteiger partial charge in [0.2, 0.25) is 0 Å². The molecule has 150 valence electrons. The Morgan fingerprint density at radius 2 is 1.69 bits per heavy atom. The summed E-state index contributed by atoms with van der Waals surface area (Å²) >= 11 is 0.